The summed E-state index contributed by atoms with van der Waals surface area (Å²) >= 11 is 11.6. The molecule has 2 rings (SSSR count). The summed E-state index contributed by atoms with van der Waals surface area (Å²) in [6.07, 6.45) is 0.617. The van der Waals surface area contributed by atoms with Crippen molar-refractivity contribution in [1.82, 2.24) is 0 Å². The standard InChI is InChI=1S/C17H13Cl2FO/c18-10-4-3-6-13-5-1-2-7-17(13)21-12-14-11-15(20)8-9-16(14)19/h1-2,5,7-9,11H,4,10,12H2. The highest BCUT2D eigenvalue weighted by atomic mass is 35.5. The van der Waals surface area contributed by atoms with Crippen molar-refractivity contribution < 1.29 is 9.13 Å². The van der Waals surface area contributed by atoms with Crippen LogP contribution in [-0.4, -0.2) is 5.88 Å². The number of halogens is 3. The maximum atomic E-state index is 13.2. The van der Waals surface area contributed by atoms with Gasteiger partial charge in [0.25, 0.3) is 0 Å². The molecule has 0 atom stereocenters. The molecule has 2 aromatic rings. The van der Waals surface area contributed by atoms with Gasteiger partial charge in [-0.2, -0.15) is 0 Å². The topological polar surface area (TPSA) is 9.23 Å². The fraction of sp³-hybridized carbons (Fsp3) is 0.176. The Bertz CT molecular complexity index is 674. The third kappa shape index (κ3) is 4.67. The molecule has 0 bridgehead atoms. The van der Waals surface area contributed by atoms with Crippen LogP contribution in [0.15, 0.2) is 42.5 Å². The zero-order chi connectivity index (χ0) is 15.1. The first-order valence-corrected chi connectivity index (χ1v) is 7.32. The molecule has 0 saturated heterocycles. The highest BCUT2D eigenvalue weighted by Crippen LogP contribution is 2.22. The minimum atomic E-state index is -0.340. The Morgan fingerprint density at radius 3 is 2.76 bits per heavy atom. The minimum absolute atomic E-state index is 0.185. The zero-order valence-electron chi connectivity index (χ0n) is 11.2. The summed E-state index contributed by atoms with van der Waals surface area (Å²) in [6, 6.07) is 11.6. The Morgan fingerprint density at radius 1 is 1.14 bits per heavy atom. The summed E-state index contributed by atoms with van der Waals surface area (Å²) < 4.78 is 18.9. The van der Waals surface area contributed by atoms with Gasteiger partial charge in [0.15, 0.2) is 0 Å². The van der Waals surface area contributed by atoms with Crippen LogP contribution in [-0.2, 0) is 6.61 Å². The summed E-state index contributed by atoms with van der Waals surface area (Å²) in [6.45, 7) is 0.185. The zero-order valence-corrected chi connectivity index (χ0v) is 12.7. The van der Waals surface area contributed by atoms with E-state index in [4.69, 9.17) is 27.9 Å². The molecule has 108 valence electrons. The van der Waals surface area contributed by atoms with Crippen LogP contribution in [0, 0.1) is 17.7 Å². The van der Waals surface area contributed by atoms with Crippen molar-refractivity contribution in [2.45, 2.75) is 13.0 Å². The first-order valence-electron chi connectivity index (χ1n) is 6.41. The number of para-hydroxylation sites is 1. The van der Waals surface area contributed by atoms with E-state index in [1.54, 1.807) is 0 Å². The van der Waals surface area contributed by atoms with Crippen LogP contribution < -0.4 is 4.74 Å². The quantitative estimate of drug-likeness (QED) is 0.566. The van der Waals surface area contributed by atoms with Gasteiger partial charge in [0.05, 0.1) is 5.56 Å². The fourth-order valence-corrected chi connectivity index (χ4v) is 1.98. The van der Waals surface area contributed by atoms with Crippen LogP contribution in [0.4, 0.5) is 4.39 Å². The molecule has 0 aliphatic rings. The van der Waals surface area contributed by atoms with Gasteiger partial charge in [-0.15, -0.1) is 11.6 Å². The molecule has 2 aromatic carbocycles. The number of ether oxygens (including phenoxy) is 1. The largest absolute Gasteiger partial charge is 0.488 e. The highest BCUT2D eigenvalue weighted by Gasteiger charge is 2.05. The summed E-state index contributed by atoms with van der Waals surface area (Å²) in [7, 11) is 0. The number of alkyl halides is 1. The predicted molar refractivity (Wildman–Crippen MR) is 84.4 cm³/mol. The van der Waals surface area contributed by atoms with Crippen molar-refractivity contribution >= 4 is 23.2 Å². The lowest BCUT2D eigenvalue weighted by atomic mass is 10.2. The van der Waals surface area contributed by atoms with Gasteiger partial charge in [-0.3, -0.25) is 0 Å². The molecule has 0 aliphatic heterocycles. The van der Waals surface area contributed by atoms with Crippen molar-refractivity contribution in [3.63, 3.8) is 0 Å². The van der Waals surface area contributed by atoms with Crippen molar-refractivity contribution in [3.05, 3.63) is 64.4 Å². The Labute approximate surface area is 133 Å². The van der Waals surface area contributed by atoms with Crippen LogP contribution in [0.2, 0.25) is 5.02 Å². The van der Waals surface area contributed by atoms with Gasteiger partial charge in [-0.1, -0.05) is 35.6 Å². The lowest BCUT2D eigenvalue weighted by Gasteiger charge is -2.09. The number of benzene rings is 2. The molecule has 4 heteroatoms. The molecule has 0 radical (unpaired) electrons. The molecule has 0 aromatic heterocycles. The third-order valence-corrected chi connectivity index (χ3v) is 3.28. The normalized spacial score (nSPS) is 9.86. The van der Waals surface area contributed by atoms with Gasteiger partial charge >= 0.3 is 0 Å². The second-order valence-electron chi connectivity index (χ2n) is 4.26. The van der Waals surface area contributed by atoms with E-state index in [9.17, 15) is 4.39 Å². The molecule has 21 heavy (non-hydrogen) atoms. The first-order chi connectivity index (χ1) is 10.2. The van der Waals surface area contributed by atoms with Gasteiger partial charge in [0.1, 0.15) is 18.2 Å². The summed E-state index contributed by atoms with van der Waals surface area (Å²) in [5, 5.41) is 0.474. The van der Waals surface area contributed by atoms with E-state index < -0.39 is 0 Å². The van der Waals surface area contributed by atoms with E-state index in [-0.39, 0.29) is 12.4 Å². The molecule has 0 heterocycles. The SMILES string of the molecule is Fc1ccc(Cl)c(COc2ccccc2C#CCCCl)c1. The fourth-order valence-electron chi connectivity index (χ4n) is 1.71. The second-order valence-corrected chi connectivity index (χ2v) is 5.05. The van der Waals surface area contributed by atoms with Gasteiger partial charge in [-0.05, 0) is 30.3 Å². The van der Waals surface area contributed by atoms with E-state index in [0.29, 0.717) is 28.6 Å². The molecular weight excluding hydrogens is 310 g/mol. The summed E-state index contributed by atoms with van der Waals surface area (Å²) in [4.78, 5) is 0. The second kappa shape index (κ2) is 7.93. The average molecular weight is 323 g/mol. The van der Waals surface area contributed by atoms with Crippen LogP contribution in [0.3, 0.4) is 0 Å². The molecule has 1 nitrogen and oxygen atoms in total. The van der Waals surface area contributed by atoms with Gasteiger partial charge in [-0.25, -0.2) is 4.39 Å². The monoisotopic (exact) mass is 322 g/mol. The van der Waals surface area contributed by atoms with Crippen molar-refractivity contribution in [2.75, 3.05) is 5.88 Å². The highest BCUT2D eigenvalue weighted by molar-refractivity contribution is 6.31. The summed E-state index contributed by atoms with van der Waals surface area (Å²) in [5.41, 5.74) is 1.37. The molecule has 0 amide bonds. The Morgan fingerprint density at radius 2 is 1.95 bits per heavy atom. The van der Waals surface area contributed by atoms with E-state index in [1.807, 2.05) is 24.3 Å². The molecular formula is C17H13Cl2FO. The molecule has 0 saturated carbocycles. The third-order valence-electron chi connectivity index (χ3n) is 2.72. The molecule has 0 unspecified atom stereocenters. The average Bonchev–Trinajstić information content (AvgIpc) is 2.49. The Balaban J connectivity index is 2.13. The minimum Gasteiger partial charge on any atom is -0.488 e. The number of hydrogen-bond acceptors (Lipinski definition) is 1. The first kappa shape index (κ1) is 15.7. The predicted octanol–water partition coefficient (Wildman–Crippen LogP) is 5.04. The van der Waals surface area contributed by atoms with Crippen molar-refractivity contribution in [1.29, 1.82) is 0 Å². The van der Waals surface area contributed by atoms with Gasteiger partial charge < -0.3 is 4.74 Å². The lowest BCUT2D eigenvalue weighted by Crippen LogP contribution is -1.98. The Kier molecular flexibility index (Phi) is 5.92. The molecule has 0 spiro atoms. The number of hydrogen-bond donors (Lipinski definition) is 0. The molecule has 0 aliphatic carbocycles. The van der Waals surface area contributed by atoms with Crippen molar-refractivity contribution in [2.24, 2.45) is 0 Å². The molecule has 0 N–H and O–H groups in total. The summed E-state index contributed by atoms with van der Waals surface area (Å²) in [5.74, 6) is 6.77. The number of rotatable bonds is 4. The van der Waals surface area contributed by atoms with E-state index >= 15 is 0 Å². The lowest BCUT2D eigenvalue weighted by molar-refractivity contribution is 0.305. The van der Waals surface area contributed by atoms with E-state index in [1.165, 1.54) is 18.2 Å². The van der Waals surface area contributed by atoms with Crippen LogP contribution >= 0.6 is 23.2 Å². The van der Waals surface area contributed by atoms with Crippen LogP contribution in [0.25, 0.3) is 0 Å². The maximum Gasteiger partial charge on any atom is 0.135 e. The molecule has 0 fully saturated rings. The maximum absolute atomic E-state index is 13.2. The van der Waals surface area contributed by atoms with E-state index in [2.05, 4.69) is 11.8 Å². The van der Waals surface area contributed by atoms with Crippen LogP contribution in [0.1, 0.15) is 17.5 Å². The van der Waals surface area contributed by atoms with E-state index in [0.717, 1.165) is 5.56 Å². The smallest absolute Gasteiger partial charge is 0.135 e. The van der Waals surface area contributed by atoms with Crippen LogP contribution in [0.5, 0.6) is 5.75 Å². The van der Waals surface area contributed by atoms with Crippen molar-refractivity contribution in [3.8, 4) is 17.6 Å². The Hall–Kier alpha value is -1.69. The van der Waals surface area contributed by atoms with Gasteiger partial charge in [0, 0.05) is 22.9 Å². The van der Waals surface area contributed by atoms with Gasteiger partial charge in [0.2, 0.25) is 0 Å².